The van der Waals surface area contributed by atoms with Gasteiger partial charge in [0, 0.05) is 26.9 Å². The first-order chi connectivity index (χ1) is 8.70. The summed E-state index contributed by atoms with van der Waals surface area (Å²) < 4.78 is 23.9. The maximum Gasteiger partial charge on any atom is 0.228 e. The molecule has 0 radical (unpaired) electrons. The van der Waals surface area contributed by atoms with Crippen molar-refractivity contribution in [3.8, 4) is 0 Å². The number of halogens is 3. The van der Waals surface area contributed by atoms with Crippen molar-refractivity contribution in [1.82, 2.24) is 0 Å². The van der Waals surface area contributed by atoms with Crippen molar-refractivity contribution in [2.75, 3.05) is 11.4 Å². The number of benzene rings is 1. The minimum Gasteiger partial charge on any atom is -0.309 e. The molecular weight excluding hydrogens is 423 g/mol. The van der Waals surface area contributed by atoms with Gasteiger partial charge >= 0.3 is 0 Å². The van der Waals surface area contributed by atoms with Crippen molar-refractivity contribution < 1.29 is 13.2 Å². The van der Waals surface area contributed by atoms with Gasteiger partial charge in [-0.3, -0.25) is 4.79 Å². The van der Waals surface area contributed by atoms with E-state index in [1.165, 1.54) is 4.90 Å². The minimum absolute atomic E-state index is 0.0382. The molecule has 1 aliphatic heterocycles. The van der Waals surface area contributed by atoms with Crippen LogP contribution in [0.5, 0.6) is 0 Å². The van der Waals surface area contributed by atoms with Crippen molar-refractivity contribution in [3.05, 3.63) is 26.1 Å². The number of primary sulfonamides is 1. The molecule has 1 saturated heterocycles. The molecule has 0 bridgehead atoms. The number of sulfonamides is 1. The highest BCUT2D eigenvalue weighted by molar-refractivity contribution is 9.11. The number of hydrogen-bond acceptors (Lipinski definition) is 3. The predicted octanol–water partition coefficient (Wildman–Crippen LogP) is 2.26. The van der Waals surface area contributed by atoms with Crippen molar-refractivity contribution in [1.29, 1.82) is 0 Å². The Kier molecular flexibility index (Phi) is 4.27. The third kappa shape index (κ3) is 3.13. The van der Waals surface area contributed by atoms with Gasteiger partial charge in [-0.2, -0.15) is 0 Å². The SMILES string of the molecule is NS(=O)(=O)C1CC(=O)N(c2c(Br)cc(Cl)cc2Br)C1. The summed E-state index contributed by atoms with van der Waals surface area (Å²) in [5, 5.41) is 4.71. The monoisotopic (exact) mass is 430 g/mol. The van der Waals surface area contributed by atoms with Crippen LogP contribution in [0.25, 0.3) is 0 Å². The Hall–Kier alpha value is -0.150. The lowest BCUT2D eigenvalue weighted by molar-refractivity contribution is -0.117. The number of carbonyl (C=O) groups is 1. The standard InChI is InChI=1S/C10H9Br2ClN2O3S/c11-7-1-5(13)2-8(12)10(7)15-4-6(3-9(15)16)19(14,17)18/h1-2,6H,3-4H2,(H2,14,17,18). The number of anilines is 1. The maximum absolute atomic E-state index is 12.0. The zero-order valence-corrected chi connectivity index (χ0v) is 14.2. The fourth-order valence-electron chi connectivity index (χ4n) is 1.90. The Morgan fingerprint density at radius 2 is 1.84 bits per heavy atom. The maximum atomic E-state index is 12.0. The molecule has 19 heavy (non-hydrogen) atoms. The van der Waals surface area contributed by atoms with E-state index in [0.717, 1.165) is 0 Å². The van der Waals surface area contributed by atoms with E-state index in [4.69, 9.17) is 16.7 Å². The van der Waals surface area contributed by atoms with Crippen LogP contribution in [-0.2, 0) is 14.8 Å². The van der Waals surface area contributed by atoms with Gasteiger partial charge in [0.25, 0.3) is 0 Å². The predicted molar refractivity (Wildman–Crippen MR) is 80.7 cm³/mol. The molecule has 0 aromatic heterocycles. The summed E-state index contributed by atoms with van der Waals surface area (Å²) in [5.41, 5.74) is 0.556. The van der Waals surface area contributed by atoms with E-state index in [1.807, 2.05) is 0 Å². The van der Waals surface area contributed by atoms with Crippen molar-refractivity contribution in [2.45, 2.75) is 11.7 Å². The number of rotatable bonds is 2. The van der Waals surface area contributed by atoms with Gasteiger partial charge in [-0.1, -0.05) is 11.6 Å². The molecule has 1 unspecified atom stereocenters. The van der Waals surface area contributed by atoms with E-state index >= 15 is 0 Å². The van der Waals surface area contributed by atoms with Crippen LogP contribution in [0.15, 0.2) is 21.1 Å². The zero-order chi connectivity index (χ0) is 14.4. The molecule has 1 aliphatic rings. The van der Waals surface area contributed by atoms with Crippen LogP contribution in [0.4, 0.5) is 5.69 Å². The average Bonchev–Trinajstić information content (AvgIpc) is 2.59. The highest BCUT2D eigenvalue weighted by atomic mass is 79.9. The van der Waals surface area contributed by atoms with E-state index in [0.29, 0.717) is 19.7 Å². The van der Waals surface area contributed by atoms with E-state index < -0.39 is 15.3 Å². The number of nitrogens with zero attached hydrogens (tertiary/aromatic N) is 1. The van der Waals surface area contributed by atoms with Crippen LogP contribution in [-0.4, -0.2) is 26.1 Å². The first-order valence-corrected chi connectivity index (χ1v) is 8.74. The zero-order valence-electron chi connectivity index (χ0n) is 9.44. The molecule has 5 nitrogen and oxygen atoms in total. The first-order valence-electron chi connectivity index (χ1n) is 5.16. The van der Waals surface area contributed by atoms with Gasteiger partial charge < -0.3 is 4.90 Å². The van der Waals surface area contributed by atoms with Gasteiger partial charge in [0.15, 0.2) is 0 Å². The summed E-state index contributed by atoms with van der Waals surface area (Å²) in [6.45, 7) is 0.0382. The lowest BCUT2D eigenvalue weighted by Gasteiger charge is -2.20. The largest absolute Gasteiger partial charge is 0.309 e. The molecule has 9 heteroatoms. The Balaban J connectivity index is 2.42. The summed E-state index contributed by atoms with van der Waals surface area (Å²) >= 11 is 12.5. The molecule has 1 heterocycles. The normalized spacial score (nSPS) is 20.1. The van der Waals surface area contributed by atoms with E-state index in [1.54, 1.807) is 12.1 Å². The van der Waals surface area contributed by atoms with Crippen molar-refractivity contribution in [3.63, 3.8) is 0 Å². The van der Waals surface area contributed by atoms with Gasteiger partial charge in [-0.15, -0.1) is 0 Å². The van der Waals surface area contributed by atoms with Crippen LogP contribution in [0, 0.1) is 0 Å². The quantitative estimate of drug-likeness (QED) is 0.779. The number of carbonyl (C=O) groups excluding carboxylic acids is 1. The summed E-state index contributed by atoms with van der Waals surface area (Å²) in [4.78, 5) is 13.3. The Morgan fingerprint density at radius 3 is 2.26 bits per heavy atom. The molecule has 2 N–H and O–H groups in total. The van der Waals surface area contributed by atoms with Gasteiger partial charge in [-0.05, 0) is 44.0 Å². The van der Waals surface area contributed by atoms with Crippen molar-refractivity contribution in [2.24, 2.45) is 5.14 Å². The van der Waals surface area contributed by atoms with Crippen molar-refractivity contribution >= 4 is 65.1 Å². The number of hydrogen-bond donors (Lipinski definition) is 1. The van der Waals surface area contributed by atoms with Gasteiger partial charge in [0.1, 0.15) is 5.25 Å². The summed E-state index contributed by atoms with van der Waals surface area (Å²) in [5.74, 6) is -0.289. The Labute approximate surface area is 132 Å². The lowest BCUT2D eigenvalue weighted by atomic mass is 10.3. The Morgan fingerprint density at radius 1 is 1.32 bits per heavy atom. The summed E-state index contributed by atoms with van der Waals surface area (Å²) in [6.07, 6.45) is -0.111. The second-order valence-corrected chi connectivity index (χ2v) is 8.13. The second kappa shape index (κ2) is 5.33. The van der Waals surface area contributed by atoms with Gasteiger partial charge in [0.2, 0.25) is 15.9 Å². The number of nitrogens with two attached hydrogens (primary N) is 1. The molecule has 1 fully saturated rings. The highest BCUT2D eigenvalue weighted by Gasteiger charge is 2.38. The lowest BCUT2D eigenvalue weighted by Crippen LogP contribution is -2.32. The Bertz CT molecular complexity index is 627. The molecule has 2 rings (SSSR count). The molecular formula is C10H9Br2ClN2O3S. The van der Waals surface area contributed by atoms with Gasteiger partial charge in [0.05, 0.1) is 5.69 Å². The van der Waals surface area contributed by atoms with E-state index in [2.05, 4.69) is 31.9 Å². The van der Waals surface area contributed by atoms with E-state index in [9.17, 15) is 13.2 Å². The smallest absolute Gasteiger partial charge is 0.228 e. The fourth-order valence-corrected chi connectivity index (χ4v) is 4.73. The van der Waals surface area contributed by atoms with Crippen LogP contribution in [0.1, 0.15) is 6.42 Å². The molecule has 0 spiro atoms. The van der Waals surface area contributed by atoms with Crippen LogP contribution in [0.3, 0.4) is 0 Å². The minimum atomic E-state index is -3.73. The summed E-state index contributed by atoms with van der Waals surface area (Å²) in [6, 6.07) is 3.28. The molecule has 1 aromatic carbocycles. The van der Waals surface area contributed by atoms with Crippen LogP contribution < -0.4 is 10.0 Å². The molecule has 0 aliphatic carbocycles. The van der Waals surface area contributed by atoms with Crippen LogP contribution >= 0.6 is 43.5 Å². The third-order valence-electron chi connectivity index (χ3n) is 2.81. The number of amides is 1. The second-order valence-electron chi connectivity index (χ2n) is 4.14. The first kappa shape index (κ1) is 15.2. The molecule has 104 valence electrons. The fraction of sp³-hybridized carbons (Fsp3) is 0.300. The third-order valence-corrected chi connectivity index (χ3v) is 5.48. The molecule has 1 aromatic rings. The summed E-state index contributed by atoms with van der Waals surface area (Å²) in [7, 11) is -3.73. The molecule has 1 amide bonds. The molecule has 0 saturated carbocycles. The topological polar surface area (TPSA) is 80.5 Å². The van der Waals surface area contributed by atoms with Crippen LogP contribution in [0.2, 0.25) is 5.02 Å². The highest BCUT2D eigenvalue weighted by Crippen LogP contribution is 2.39. The average molecular weight is 433 g/mol. The van der Waals surface area contributed by atoms with Gasteiger partial charge in [-0.25, -0.2) is 13.6 Å². The van der Waals surface area contributed by atoms with E-state index in [-0.39, 0.29) is 18.9 Å². The molecule has 1 atom stereocenters.